The standard InChI is InChI=1S/C13H14O4S2/c1-3-16-11-6-4-5-7-12(11)17-19(14,15)13-9-8-10(2)18-13/h4-9H,3H2,1-2H3. The minimum Gasteiger partial charge on any atom is -0.490 e. The SMILES string of the molecule is CCOc1ccccc1OS(=O)(=O)c1ccc(C)s1. The van der Waals surface area contributed by atoms with Crippen LogP contribution in [-0.2, 0) is 10.1 Å². The minimum atomic E-state index is -3.79. The Morgan fingerprint density at radius 1 is 1.11 bits per heavy atom. The lowest BCUT2D eigenvalue weighted by molar-refractivity contribution is 0.327. The number of ether oxygens (including phenoxy) is 1. The molecule has 102 valence electrons. The summed E-state index contributed by atoms with van der Waals surface area (Å²) in [6, 6.07) is 10.00. The Kier molecular flexibility index (Phi) is 4.11. The Morgan fingerprint density at radius 3 is 2.37 bits per heavy atom. The summed E-state index contributed by atoms with van der Waals surface area (Å²) in [6.07, 6.45) is 0. The Hall–Kier alpha value is -1.53. The molecule has 1 aromatic carbocycles. The number of rotatable bonds is 5. The normalized spacial score (nSPS) is 11.3. The highest BCUT2D eigenvalue weighted by atomic mass is 32.3. The smallest absolute Gasteiger partial charge is 0.348 e. The lowest BCUT2D eigenvalue weighted by atomic mass is 10.3. The topological polar surface area (TPSA) is 52.6 Å². The van der Waals surface area contributed by atoms with Crippen molar-refractivity contribution in [3.8, 4) is 11.5 Å². The van der Waals surface area contributed by atoms with Gasteiger partial charge in [0.15, 0.2) is 15.7 Å². The van der Waals surface area contributed by atoms with Gasteiger partial charge in [0.1, 0.15) is 0 Å². The maximum Gasteiger partial charge on any atom is 0.348 e. The summed E-state index contributed by atoms with van der Waals surface area (Å²) in [5.41, 5.74) is 0. The van der Waals surface area contributed by atoms with Crippen molar-refractivity contribution in [1.29, 1.82) is 0 Å². The Labute approximate surface area is 116 Å². The van der Waals surface area contributed by atoms with Crippen LogP contribution >= 0.6 is 11.3 Å². The van der Waals surface area contributed by atoms with Gasteiger partial charge in [-0.2, -0.15) is 8.42 Å². The third-order valence-electron chi connectivity index (χ3n) is 2.31. The first-order valence-corrected chi connectivity index (χ1v) is 7.98. The summed E-state index contributed by atoms with van der Waals surface area (Å²) in [6.45, 7) is 4.12. The molecule has 0 saturated carbocycles. The molecule has 1 heterocycles. The molecule has 0 bridgehead atoms. The molecule has 6 heteroatoms. The van der Waals surface area contributed by atoms with Gasteiger partial charge >= 0.3 is 10.1 Å². The lowest BCUT2D eigenvalue weighted by Crippen LogP contribution is -2.09. The van der Waals surface area contributed by atoms with Gasteiger partial charge in [0.25, 0.3) is 0 Å². The number of hydrogen-bond acceptors (Lipinski definition) is 5. The second-order valence-electron chi connectivity index (χ2n) is 3.78. The number of aryl methyl sites for hydroxylation is 1. The third-order valence-corrected chi connectivity index (χ3v) is 5.00. The van der Waals surface area contributed by atoms with Gasteiger partial charge in [0.05, 0.1) is 6.61 Å². The molecule has 0 fully saturated rings. The summed E-state index contributed by atoms with van der Waals surface area (Å²) in [4.78, 5) is 0.917. The molecule has 0 unspecified atom stereocenters. The number of benzene rings is 1. The first-order chi connectivity index (χ1) is 9.03. The molecule has 0 spiro atoms. The fourth-order valence-corrected chi connectivity index (χ4v) is 3.68. The van der Waals surface area contributed by atoms with Crippen LogP contribution in [0.2, 0.25) is 0 Å². The van der Waals surface area contributed by atoms with Crippen molar-refractivity contribution >= 4 is 21.5 Å². The number of thiophene rings is 1. The average Bonchev–Trinajstić information content (AvgIpc) is 2.79. The van der Waals surface area contributed by atoms with Crippen LogP contribution in [0.5, 0.6) is 11.5 Å². The maximum absolute atomic E-state index is 12.1. The fraction of sp³-hybridized carbons (Fsp3) is 0.231. The van der Waals surface area contributed by atoms with E-state index in [2.05, 4.69) is 0 Å². The zero-order chi connectivity index (χ0) is 13.9. The predicted octanol–water partition coefficient (Wildman–Crippen LogP) is 3.22. The van der Waals surface area contributed by atoms with Crippen LogP contribution in [0.3, 0.4) is 0 Å². The summed E-state index contributed by atoms with van der Waals surface area (Å²) in [5.74, 6) is 0.622. The van der Waals surface area contributed by atoms with E-state index in [1.165, 1.54) is 11.3 Å². The highest BCUT2D eigenvalue weighted by molar-refractivity contribution is 7.89. The van der Waals surface area contributed by atoms with Crippen molar-refractivity contribution in [2.75, 3.05) is 6.61 Å². The zero-order valence-corrected chi connectivity index (χ0v) is 12.3. The monoisotopic (exact) mass is 298 g/mol. The molecule has 0 aliphatic heterocycles. The molecule has 4 nitrogen and oxygen atoms in total. The molecule has 0 aliphatic carbocycles. The average molecular weight is 298 g/mol. The molecular weight excluding hydrogens is 284 g/mol. The molecule has 0 amide bonds. The zero-order valence-electron chi connectivity index (χ0n) is 10.6. The van der Waals surface area contributed by atoms with E-state index in [4.69, 9.17) is 8.92 Å². The van der Waals surface area contributed by atoms with Crippen molar-refractivity contribution in [2.24, 2.45) is 0 Å². The molecule has 0 atom stereocenters. The largest absolute Gasteiger partial charge is 0.490 e. The molecule has 2 aromatic rings. The first kappa shape index (κ1) is 13.9. The van der Waals surface area contributed by atoms with Crippen molar-refractivity contribution in [3.05, 3.63) is 41.3 Å². The third kappa shape index (κ3) is 3.27. The van der Waals surface area contributed by atoms with Gasteiger partial charge in [-0.1, -0.05) is 12.1 Å². The molecule has 0 saturated heterocycles. The van der Waals surface area contributed by atoms with E-state index in [1.54, 1.807) is 36.4 Å². The Bertz CT molecular complexity index is 659. The van der Waals surface area contributed by atoms with E-state index in [-0.39, 0.29) is 9.96 Å². The summed E-state index contributed by atoms with van der Waals surface area (Å²) in [7, 11) is -3.79. The van der Waals surface area contributed by atoms with E-state index in [0.29, 0.717) is 12.4 Å². The van der Waals surface area contributed by atoms with E-state index < -0.39 is 10.1 Å². The summed E-state index contributed by atoms with van der Waals surface area (Å²) < 4.78 is 34.9. The second kappa shape index (κ2) is 5.63. The molecule has 0 aliphatic rings. The van der Waals surface area contributed by atoms with Crippen LogP contribution < -0.4 is 8.92 Å². The summed E-state index contributed by atoms with van der Waals surface area (Å²) >= 11 is 1.18. The number of hydrogen-bond donors (Lipinski definition) is 0. The van der Waals surface area contributed by atoms with Crippen molar-refractivity contribution in [2.45, 2.75) is 18.1 Å². The highest BCUT2D eigenvalue weighted by Crippen LogP contribution is 2.31. The maximum atomic E-state index is 12.1. The van der Waals surface area contributed by atoms with Gasteiger partial charge in [0.2, 0.25) is 0 Å². The first-order valence-electron chi connectivity index (χ1n) is 5.75. The van der Waals surface area contributed by atoms with Crippen LogP contribution in [0.25, 0.3) is 0 Å². The summed E-state index contributed by atoms with van der Waals surface area (Å²) in [5, 5.41) is 0. The van der Waals surface area contributed by atoms with Gasteiger partial charge in [-0.3, -0.25) is 0 Å². The van der Waals surface area contributed by atoms with Gasteiger partial charge < -0.3 is 8.92 Å². The second-order valence-corrected chi connectivity index (χ2v) is 6.84. The van der Waals surface area contributed by atoms with Gasteiger partial charge in [-0.25, -0.2) is 0 Å². The highest BCUT2D eigenvalue weighted by Gasteiger charge is 2.20. The van der Waals surface area contributed by atoms with Crippen LogP contribution in [0.4, 0.5) is 0 Å². The molecule has 2 rings (SSSR count). The van der Waals surface area contributed by atoms with E-state index in [1.807, 2.05) is 13.8 Å². The van der Waals surface area contributed by atoms with E-state index >= 15 is 0 Å². The van der Waals surface area contributed by atoms with Gasteiger partial charge in [0, 0.05) is 4.88 Å². The lowest BCUT2D eigenvalue weighted by Gasteiger charge is -2.10. The molecule has 1 aromatic heterocycles. The minimum absolute atomic E-state index is 0.191. The fourth-order valence-electron chi connectivity index (χ4n) is 1.50. The molecule has 19 heavy (non-hydrogen) atoms. The van der Waals surface area contributed by atoms with E-state index in [9.17, 15) is 8.42 Å². The Balaban J connectivity index is 2.30. The predicted molar refractivity (Wildman–Crippen MR) is 74.5 cm³/mol. The Morgan fingerprint density at radius 2 is 1.79 bits per heavy atom. The molecule has 0 radical (unpaired) electrons. The quantitative estimate of drug-likeness (QED) is 0.795. The van der Waals surface area contributed by atoms with Crippen LogP contribution in [0.15, 0.2) is 40.6 Å². The van der Waals surface area contributed by atoms with Gasteiger partial charge in [-0.15, -0.1) is 11.3 Å². The van der Waals surface area contributed by atoms with Crippen LogP contribution in [-0.4, -0.2) is 15.0 Å². The number of para-hydroxylation sites is 2. The van der Waals surface area contributed by atoms with Crippen LogP contribution in [0, 0.1) is 6.92 Å². The molecular formula is C13H14O4S2. The van der Waals surface area contributed by atoms with Crippen molar-refractivity contribution in [3.63, 3.8) is 0 Å². The van der Waals surface area contributed by atoms with E-state index in [0.717, 1.165) is 4.88 Å². The van der Waals surface area contributed by atoms with Crippen molar-refractivity contribution in [1.82, 2.24) is 0 Å². The van der Waals surface area contributed by atoms with Crippen molar-refractivity contribution < 1.29 is 17.3 Å². The van der Waals surface area contributed by atoms with Gasteiger partial charge in [-0.05, 0) is 38.1 Å². The molecule has 0 N–H and O–H groups in total. The van der Waals surface area contributed by atoms with Crippen LogP contribution in [0.1, 0.15) is 11.8 Å².